The number of amides is 2. The Hall–Kier alpha value is -4.39. The molecule has 0 radical (unpaired) electrons. The van der Waals surface area contributed by atoms with Crippen LogP contribution in [0.2, 0.25) is 0 Å². The molecule has 6 nitrogen and oxygen atoms in total. The highest BCUT2D eigenvalue weighted by Crippen LogP contribution is 2.30. The molecule has 4 aromatic rings. The number of nitrogens with zero attached hydrogens (tertiary/aromatic N) is 1. The van der Waals surface area contributed by atoms with Gasteiger partial charge in [0.1, 0.15) is 5.82 Å². The molecule has 2 heterocycles. The average molecular weight is 512 g/mol. The summed E-state index contributed by atoms with van der Waals surface area (Å²) in [6.45, 7) is 1.95. The summed E-state index contributed by atoms with van der Waals surface area (Å²) in [6.07, 6.45) is 4.55. The van der Waals surface area contributed by atoms with Crippen LogP contribution in [0.3, 0.4) is 0 Å². The average Bonchev–Trinajstić information content (AvgIpc) is 3.49. The first kappa shape index (κ1) is 25.3. The number of anilines is 2. The van der Waals surface area contributed by atoms with Gasteiger partial charge in [-0.15, -0.1) is 0 Å². The third kappa shape index (κ3) is 6.29. The molecule has 2 amide bonds. The summed E-state index contributed by atoms with van der Waals surface area (Å²) in [5.74, 6) is -0.182. The maximum atomic E-state index is 13.4. The number of piperidine rings is 1. The van der Waals surface area contributed by atoms with Crippen molar-refractivity contribution in [3.8, 4) is 0 Å². The van der Waals surface area contributed by atoms with Crippen molar-refractivity contribution in [1.82, 2.24) is 5.32 Å². The summed E-state index contributed by atoms with van der Waals surface area (Å²) in [5.41, 5.74) is 3.96. The summed E-state index contributed by atoms with van der Waals surface area (Å²) in [6, 6.07) is 25.2. The molecule has 194 valence electrons. The maximum absolute atomic E-state index is 13.4. The van der Waals surface area contributed by atoms with E-state index in [1.165, 1.54) is 24.0 Å². The Kier molecular flexibility index (Phi) is 7.83. The zero-order chi connectivity index (χ0) is 26.3. The highest BCUT2D eigenvalue weighted by atomic mass is 19.1. The predicted octanol–water partition coefficient (Wildman–Crippen LogP) is 6.06. The Labute approximate surface area is 221 Å². The molecule has 2 N–H and O–H groups in total. The summed E-state index contributed by atoms with van der Waals surface area (Å²) >= 11 is 0. The Balaban J connectivity index is 1.32. The highest BCUT2D eigenvalue weighted by Gasteiger charge is 2.24. The predicted molar refractivity (Wildman–Crippen MR) is 146 cm³/mol. The van der Waals surface area contributed by atoms with Crippen molar-refractivity contribution in [2.24, 2.45) is 5.92 Å². The number of benzene rings is 3. The minimum atomic E-state index is -0.387. The second-order valence-electron chi connectivity index (χ2n) is 9.59. The van der Waals surface area contributed by atoms with Crippen LogP contribution in [0.25, 0.3) is 0 Å². The lowest BCUT2D eigenvalue weighted by Gasteiger charge is -2.35. The van der Waals surface area contributed by atoms with Crippen LogP contribution in [0.4, 0.5) is 15.8 Å². The minimum Gasteiger partial charge on any atom is -0.459 e. The standard InChI is InChI=1S/C31H30FN3O3/c32-25-10-8-24(9-11-25)21-33-30(36)27-20-26(34-31(37)29-7-4-18-38-29)12-13-28(27)35-16-14-23(15-17-35)19-22-5-2-1-3-6-22/h1-13,18,20,23H,14-17,19,21H2,(H,33,36)(H,34,37). The van der Waals surface area contributed by atoms with Crippen LogP contribution in [0, 0.1) is 11.7 Å². The zero-order valence-corrected chi connectivity index (χ0v) is 21.0. The van der Waals surface area contributed by atoms with Gasteiger partial charge in [-0.2, -0.15) is 0 Å². The van der Waals surface area contributed by atoms with Gasteiger partial charge in [0.05, 0.1) is 11.8 Å². The quantitative estimate of drug-likeness (QED) is 0.302. The Morgan fingerprint density at radius 3 is 2.34 bits per heavy atom. The van der Waals surface area contributed by atoms with Crippen LogP contribution in [0.15, 0.2) is 95.6 Å². The number of halogens is 1. The molecule has 38 heavy (non-hydrogen) atoms. The number of rotatable bonds is 8. The molecule has 0 saturated carbocycles. The molecule has 1 aromatic heterocycles. The van der Waals surface area contributed by atoms with E-state index in [4.69, 9.17) is 4.42 Å². The summed E-state index contributed by atoms with van der Waals surface area (Å²) in [4.78, 5) is 28.1. The fourth-order valence-corrected chi connectivity index (χ4v) is 4.88. The van der Waals surface area contributed by atoms with E-state index in [1.807, 2.05) is 18.2 Å². The molecule has 0 spiro atoms. The molecule has 1 aliphatic heterocycles. The number of hydrogen-bond acceptors (Lipinski definition) is 4. The van der Waals surface area contributed by atoms with Gasteiger partial charge in [0.25, 0.3) is 11.8 Å². The van der Waals surface area contributed by atoms with Crippen molar-refractivity contribution in [2.45, 2.75) is 25.8 Å². The fraction of sp³-hybridized carbons (Fsp3) is 0.226. The lowest BCUT2D eigenvalue weighted by atomic mass is 9.89. The Bertz CT molecular complexity index is 1360. The third-order valence-electron chi connectivity index (χ3n) is 6.93. The van der Waals surface area contributed by atoms with Crippen molar-refractivity contribution in [2.75, 3.05) is 23.3 Å². The van der Waals surface area contributed by atoms with Gasteiger partial charge in [0.15, 0.2) is 5.76 Å². The molecule has 1 fully saturated rings. The molecule has 1 saturated heterocycles. The lowest BCUT2D eigenvalue weighted by molar-refractivity contribution is 0.0949. The maximum Gasteiger partial charge on any atom is 0.291 e. The minimum absolute atomic E-state index is 0.192. The molecular formula is C31H30FN3O3. The summed E-state index contributed by atoms with van der Waals surface area (Å²) < 4.78 is 18.5. The van der Waals surface area contributed by atoms with E-state index in [2.05, 4.69) is 39.8 Å². The number of nitrogens with one attached hydrogen (secondary N) is 2. The van der Waals surface area contributed by atoms with Crippen LogP contribution in [0.5, 0.6) is 0 Å². The van der Waals surface area contributed by atoms with E-state index in [9.17, 15) is 14.0 Å². The summed E-state index contributed by atoms with van der Waals surface area (Å²) in [5, 5.41) is 5.76. The van der Waals surface area contributed by atoms with Gasteiger partial charge in [-0.25, -0.2) is 4.39 Å². The van der Waals surface area contributed by atoms with Crippen molar-refractivity contribution >= 4 is 23.2 Å². The molecule has 0 bridgehead atoms. The summed E-state index contributed by atoms with van der Waals surface area (Å²) in [7, 11) is 0. The van der Waals surface area contributed by atoms with E-state index in [0.29, 0.717) is 17.2 Å². The van der Waals surface area contributed by atoms with Crippen molar-refractivity contribution in [3.63, 3.8) is 0 Å². The van der Waals surface area contributed by atoms with Crippen molar-refractivity contribution in [3.05, 3.63) is 119 Å². The number of carbonyl (C=O) groups is 2. The second-order valence-corrected chi connectivity index (χ2v) is 9.59. The van der Waals surface area contributed by atoms with Crippen LogP contribution < -0.4 is 15.5 Å². The lowest BCUT2D eigenvalue weighted by Crippen LogP contribution is -2.36. The van der Waals surface area contributed by atoms with Crippen LogP contribution in [0.1, 0.15) is 44.9 Å². The number of hydrogen-bond donors (Lipinski definition) is 2. The van der Waals surface area contributed by atoms with Gasteiger partial charge in [-0.05, 0) is 78.8 Å². The molecule has 1 aliphatic rings. The van der Waals surface area contributed by atoms with Crippen molar-refractivity contribution in [1.29, 1.82) is 0 Å². The first-order chi connectivity index (χ1) is 18.5. The van der Waals surface area contributed by atoms with E-state index in [-0.39, 0.29) is 29.9 Å². The smallest absolute Gasteiger partial charge is 0.291 e. The largest absolute Gasteiger partial charge is 0.459 e. The van der Waals surface area contributed by atoms with Crippen LogP contribution in [-0.2, 0) is 13.0 Å². The van der Waals surface area contributed by atoms with Gasteiger partial charge in [-0.3, -0.25) is 9.59 Å². The fourth-order valence-electron chi connectivity index (χ4n) is 4.88. The Morgan fingerprint density at radius 1 is 0.868 bits per heavy atom. The zero-order valence-electron chi connectivity index (χ0n) is 21.0. The number of furan rings is 1. The van der Waals surface area contributed by atoms with Gasteiger partial charge in [0.2, 0.25) is 0 Å². The second kappa shape index (κ2) is 11.8. The van der Waals surface area contributed by atoms with Crippen LogP contribution in [-0.4, -0.2) is 24.9 Å². The normalized spacial score (nSPS) is 13.8. The monoisotopic (exact) mass is 511 g/mol. The first-order valence-electron chi connectivity index (χ1n) is 12.9. The molecular weight excluding hydrogens is 481 g/mol. The van der Waals surface area contributed by atoms with Crippen LogP contribution >= 0.6 is 0 Å². The van der Waals surface area contributed by atoms with Crippen molar-refractivity contribution < 1.29 is 18.4 Å². The van der Waals surface area contributed by atoms with Gasteiger partial charge in [-0.1, -0.05) is 42.5 Å². The van der Waals surface area contributed by atoms with Gasteiger partial charge in [0, 0.05) is 31.0 Å². The topological polar surface area (TPSA) is 74.6 Å². The van der Waals surface area contributed by atoms with E-state index in [1.54, 1.807) is 30.3 Å². The van der Waals surface area contributed by atoms with E-state index < -0.39 is 0 Å². The molecule has 0 aliphatic carbocycles. The van der Waals surface area contributed by atoms with Gasteiger partial charge < -0.3 is 20.0 Å². The van der Waals surface area contributed by atoms with E-state index in [0.717, 1.165) is 43.6 Å². The highest BCUT2D eigenvalue weighted by molar-refractivity contribution is 6.05. The molecule has 0 unspecified atom stereocenters. The SMILES string of the molecule is O=C(Nc1ccc(N2CCC(Cc3ccccc3)CC2)c(C(=O)NCc2ccc(F)cc2)c1)c1ccco1. The number of carbonyl (C=O) groups excluding carboxylic acids is 2. The van der Waals surface area contributed by atoms with Gasteiger partial charge >= 0.3 is 0 Å². The molecule has 3 aromatic carbocycles. The Morgan fingerprint density at radius 2 is 1.63 bits per heavy atom. The molecule has 7 heteroatoms. The molecule has 5 rings (SSSR count). The third-order valence-corrected chi connectivity index (χ3v) is 6.93. The first-order valence-corrected chi connectivity index (χ1v) is 12.9. The molecule has 0 atom stereocenters. The van der Waals surface area contributed by atoms with E-state index >= 15 is 0 Å².